The van der Waals surface area contributed by atoms with Gasteiger partial charge in [-0.3, -0.25) is 4.79 Å². The number of thiol groups is 1. The molecule has 2 aromatic rings. The van der Waals surface area contributed by atoms with Crippen molar-refractivity contribution in [1.82, 2.24) is 10.3 Å². The summed E-state index contributed by atoms with van der Waals surface area (Å²) in [4.78, 5) is 17.3. The molecule has 4 N–H and O–H groups in total. The molecule has 2 unspecified atom stereocenters. The van der Waals surface area contributed by atoms with Gasteiger partial charge in [0.1, 0.15) is 0 Å². The highest BCUT2D eigenvalue weighted by atomic mass is 32.1. The number of nitrogens with zero attached hydrogens (tertiary/aromatic N) is 1. The molecule has 0 saturated heterocycles. The van der Waals surface area contributed by atoms with Crippen LogP contribution in [0.1, 0.15) is 39.0 Å². The fourth-order valence-corrected chi connectivity index (χ4v) is 3.71. The van der Waals surface area contributed by atoms with Crippen molar-refractivity contribution in [2.24, 2.45) is 5.73 Å². The molecule has 2 atom stereocenters. The summed E-state index contributed by atoms with van der Waals surface area (Å²) in [5, 5.41) is 6.26. The highest BCUT2D eigenvalue weighted by molar-refractivity contribution is 7.80. The van der Waals surface area contributed by atoms with E-state index in [0.717, 1.165) is 30.5 Å². The number of carbonyl (C=O) groups excluding carboxylic acids is 1. The summed E-state index contributed by atoms with van der Waals surface area (Å²) >= 11 is 4.24. The summed E-state index contributed by atoms with van der Waals surface area (Å²) < 4.78 is 6.02. The predicted octanol–water partition coefficient (Wildman–Crippen LogP) is 4.19. The first-order chi connectivity index (χ1) is 15.6. The fraction of sp³-hybridized carbons (Fsp3) is 0.440. The number of carbonyl (C=O) groups is 1. The SMILES string of the molecule is CC(Oc1nc(-c2ccccc2)ccc1NCC(N)CS)C(=O)NCCC1=CCCCC1. The smallest absolute Gasteiger partial charge is 0.260 e. The van der Waals surface area contributed by atoms with Gasteiger partial charge in [-0.05, 0) is 51.2 Å². The van der Waals surface area contributed by atoms with Crippen LogP contribution in [0.5, 0.6) is 5.88 Å². The molecule has 3 rings (SSSR count). The zero-order valence-electron chi connectivity index (χ0n) is 18.7. The van der Waals surface area contributed by atoms with E-state index in [4.69, 9.17) is 10.5 Å². The van der Waals surface area contributed by atoms with E-state index in [9.17, 15) is 4.79 Å². The van der Waals surface area contributed by atoms with E-state index in [-0.39, 0.29) is 11.9 Å². The van der Waals surface area contributed by atoms with Crippen molar-refractivity contribution in [3.05, 3.63) is 54.1 Å². The summed E-state index contributed by atoms with van der Waals surface area (Å²) in [5.74, 6) is 0.801. The number of pyridine rings is 1. The van der Waals surface area contributed by atoms with Gasteiger partial charge in [0, 0.05) is 30.4 Å². The Morgan fingerprint density at radius 1 is 1.22 bits per heavy atom. The average Bonchev–Trinajstić information content (AvgIpc) is 2.84. The Balaban J connectivity index is 1.66. The van der Waals surface area contributed by atoms with E-state index in [2.05, 4.69) is 34.3 Å². The van der Waals surface area contributed by atoms with Crippen LogP contribution in [-0.4, -0.2) is 41.9 Å². The number of hydrogen-bond acceptors (Lipinski definition) is 6. The van der Waals surface area contributed by atoms with Gasteiger partial charge >= 0.3 is 0 Å². The standard InChI is InChI=1S/C25H34N4O2S/c1-18(24(30)27-15-14-19-8-4-2-5-9-19)31-25-23(28-16-21(26)17-32)13-12-22(29-25)20-10-6-3-7-11-20/h3,6-8,10-13,18,21,28,32H,2,4-5,9,14-17,26H2,1H3,(H,27,30). The first-order valence-corrected chi connectivity index (χ1v) is 12.0. The largest absolute Gasteiger partial charge is 0.463 e. The molecule has 0 fully saturated rings. The van der Waals surface area contributed by atoms with Crippen molar-refractivity contribution in [3.8, 4) is 17.1 Å². The lowest BCUT2D eigenvalue weighted by Crippen LogP contribution is -2.37. The molecule has 0 spiro atoms. The number of anilines is 1. The van der Waals surface area contributed by atoms with E-state index in [1.54, 1.807) is 6.92 Å². The zero-order valence-corrected chi connectivity index (χ0v) is 19.6. The second-order valence-electron chi connectivity index (χ2n) is 8.15. The van der Waals surface area contributed by atoms with E-state index >= 15 is 0 Å². The third-order valence-electron chi connectivity index (χ3n) is 5.51. The summed E-state index contributed by atoms with van der Waals surface area (Å²) in [6, 6.07) is 13.6. The summed E-state index contributed by atoms with van der Waals surface area (Å²) in [6.45, 7) is 2.90. The Morgan fingerprint density at radius 3 is 2.75 bits per heavy atom. The van der Waals surface area contributed by atoms with Crippen LogP contribution in [-0.2, 0) is 4.79 Å². The lowest BCUT2D eigenvalue weighted by atomic mass is 9.97. The Morgan fingerprint density at radius 2 is 2.03 bits per heavy atom. The third kappa shape index (κ3) is 7.28. The Labute approximate surface area is 196 Å². The van der Waals surface area contributed by atoms with E-state index in [1.807, 2.05) is 42.5 Å². The summed E-state index contributed by atoms with van der Waals surface area (Å²) in [6.07, 6.45) is 7.34. The van der Waals surface area contributed by atoms with Crippen molar-refractivity contribution in [2.75, 3.05) is 24.2 Å². The fourth-order valence-electron chi connectivity index (χ4n) is 3.58. The number of rotatable bonds is 11. The monoisotopic (exact) mass is 454 g/mol. The van der Waals surface area contributed by atoms with Gasteiger partial charge in [0.2, 0.25) is 5.88 Å². The minimum atomic E-state index is -0.673. The minimum Gasteiger partial charge on any atom is -0.463 e. The second kappa shape index (κ2) is 12.5. The Bertz CT molecular complexity index is 904. The number of allylic oxidation sites excluding steroid dienone is 1. The molecule has 0 saturated carbocycles. The molecule has 0 aliphatic heterocycles. The molecule has 32 heavy (non-hydrogen) atoms. The molecule has 0 radical (unpaired) electrons. The quantitative estimate of drug-likeness (QED) is 0.302. The van der Waals surface area contributed by atoms with Crippen molar-refractivity contribution in [1.29, 1.82) is 0 Å². The number of benzene rings is 1. The number of nitrogens with two attached hydrogens (primary N) is 1. The Kier molecular flexibility index (Phi) is 9.43. The highest BCUT2D eigenvalue weighted by Crippen LogP contribution is 2.28. The number of aromatic nitrogens is 1. The van der Waals surface area contributed by atoms with Gasteiger partial charge in [0.15, 0.2) is 6.10 Å². The van der Waals surface area contributed by atoms with Crippen LogP contribution in [0.3, 0.4) is 0 Å². The van der Waals surface area contributed by atoms with Crippen molar-refractivity contribution in [3.63, 3.8) is 0 Å². The molecule has 6 nitrogen and oxygen atoms in total. The topological polar surface area (TPSA) is 89.3 Å². The van der Waals surface area contributed by atoms with Gasteiger partial charge < -0.3 is 21.1 Å². The van der Waals surface area contributed by atoms with Crippen LogP contribution in [0.4, 0.5) is 5.69 Å². The number of nitrogens with one attached hydrogen (secondary N) is 2. The maximum atomic E-state index is 12.6. The maximum absolute atomic E-state index is 12.6. The molecule has 1 aromatic carbocycles. The van der Waals surface area contributed by atoms with Gasteiger partial charge in [-0.25, -0.2) is 4.98 Å². The molecule has 1 aliphatic rings. The summed E-state index contributed by atoms with van der Waals surface area (Å²) in [7, 11) is 0. The van der Waals surface area contributed by atoms with Crippen LogP contribution < -0.4 is 21.1 Å². The van der Waals surface area contributed by atoms with E-state index in [0.29, 0.717) is 30.4 Å². The van der Waals surface area contributed by atoms with Crippen molar-refractivity contribution in [2.45, 2.75) is 51.2 Å². The third-order valence-corrected chi connectivity index (χ3v) is 5.98. The highest BCUT2D eigenvalue weighted by Gasteiger charge is 2.18. The lowest BCUT2D eigenvalue weighted by molar-refractivity contribution is -0.127. The molecular weight excluding hydrogens is 420 g/mol. The van der Waals surface area contributed by atoms with Gasteiger partial charge in [0.25, 0.3) is 5.91 Å². The van der Waals surface area contributed by atoms with E-state index in [1.165, 1.54) is 18.4 Å². The zero-order chi connectivity index (χ0) is 22.8. The molecule has 1 aromatic heterocycles. The van der Waals surface area contributed by atoms with Crippen LogP contribution in [0, 0.1) is 0 Å². The number of ether oxygens (including phenoxy) is 1. The van der Waals surface area contributed by atoms with Crippen LogP contribution in [0.15, 0.2) is 54.1 Å². The molecule has 172 valence electrons. The van der Waals surface area contributed by atoms with Crippen molar-refractivity contribution >= 4 is 24.2 Å². The van der Waals surface area contributed by atoms with Crippen LogP contribution >= 0.6 is 12.6 Å². The predicted molar refractivity (Wildman–Crippen MR) is 134 cm³/mol. The normalized spacial score (nSPS) is 15.4. The number of amides is 1. The summed E-state index contributed by atoms with van der Waals surface area (Å²) in [5.41, 5.74) is 9.89. The second-order valence-corrected chi connectivity index (χ2v) is 8.51. The minimum absolute atomic E-state index is 0.102. The van der Waals surface area contributed by atoms with Crippen LogP contribution in [0.2, 0.25) is 0 Å². The Hall–Kier alpha value is -2.51. The maximum Gasteiger partial charge on any atom is 0.260 e. The van der Waals surface area contributed by atoms with Crippen LogP contribution in [0.25, 0.3) is 11.3 Å². The molecule has 1 amide bonds. The van der Waals surface area contributed by atoms with E-state index < -0.39 is 6.10 Å². The van der Waals surface area contributed by atoms with Gasteiger partial charge in [-0.2, -0.15) is 12.6 Å². The first kappa shape index (κ1) is 24.1. The van der Waals surface area contributed by atoms with Crippen molar-refractivity contribution < 1.29 is 9.53 Å². The van der Waals surface area contributed by atoms with Gasteiger partial charge in [0.05, 0.1) is 11.4 Å². The first-order valence-electron chi connectivity index (χ1n) is 11.4. The number of hydrogen-bond donors (Lipinski definition) is 4. The molecule has 7 heteroatoms. The molecular formula is C25H34N4O2S. The average molecular weight is 455 g/mol. The molecule has 1 aliphatic carbocycles. The lowest BCUT2D eigenvalue weighted by Gasteiger charge is -2.19. The van der Waals surface area contributed by atoms with Gasteiger partial charge in [-0.1, -0.05) is 42.0 Å². The molecule has 1 heterocycles. The van der Waals surface area contributed by atoms with Gasteiger partial charge in [-0.15, -0.1) is 0 Å². The molecule has 0 bridgehead atoms.